The summed E-state index contributed by atoms with van der Waals surface area (Å²) in [5, 5.41) is 0. The van der Waals surface area contributed by atoms with Crippen molar-refractivity contribution in [1.29, 1.82) is 0 Å². The molecule has 0 rings (SSSR count). The van der Waals surface area contributed by atoms with Gasteiger partial charge in [-0.25, -0.2) is 0 Å². The van der Waals surface area contributed by atoms with E-state index in [9.17, 15) is 0 Å². The second-order valence-electron chi connectivity index (χ2n) is 0. The van der Waals surface area contributed by atoms with Crippen LogP contribution in [0.2, 0.25) is 0 Å². The van der Waals surface area contributed by atoms with Gasteiger partial charge in [0.15, 0.2) is 0 Å². The molecule has 0 aromatic carbocycles. The van der Waals surface area contributed by atoms with Crippen LogP contribution in [-0.2, 0) is 63.2 Å². The van der Waals surface area contributed by atoms with Gasteiger partial charge in [-0.05, 0) is 0 Å². The van der Waals surface area contributed by atoms with Gasteiger partial charge in [0.2, 0.25) is 0 Å². The maximum Gasteiger partial charge on any atom is 0 e. The molecule has 3 heteroatoms. The van der Waals surface area contributed by atoms with Crippen molar-refractivity contribution in [2.45, 2.75) is 14.9 Å². The molecule has 0 fully saturated rings. The third-order valence-corrected chi connectivity index (χ3v) is 0. The van der Waals surface area contributed by atoms with Crippen LogP contribution in [0.4, 0.5) is 0 Å². The molecule has 0 saturated heterocycles. The van der Waals surface area contributed by atoms with E-state index >= 15 is 0 Å². The van der Waals surface area contributed by atoms with Gasteiger partial charge in [0.05, 0.1) is 0 Å². The average molecular weight is 584 g/mol. The van der Waals surface area contributed by atoms with E-state index < -0.39 is 0 Å². The van der Waals surface area contributed by atoms with E-state index in [1.807, 2.05) is 0 Å². The summed E-state index contributed by atoms with van der Waals surface area (Å²) >= 11 is 0. The van der Waals surface area contributed by atoms with E-state index in [-0.39, 0.29) is 78.0 Å². The van der Waals surface area contributed by atoms with Gasteiger partial charge in [-0.15, -0.1) is 0 Å². The van der Waals surface area contributed by atoms with Gasteiger partial charge in [-0.3, -0.25) is 0 Å². The molecular formula is C2H8W3. The summed E-state index contributed by atoms with van der Waals surface area (Å²) in [6.07, 6.45) is 0. The summed E-state index contributed by atoms with van der Waals surface area (Å²) in [5.74, 6) is 0. The van der Waals surface area contributed by atoms with Crippen LogP contribution in [-0.4, -0.2) is 0 Å². The van der Waals surface area contributed by atoms with Crippen LogP contribution in [0.3, 0.4) is 0 Å². The second kappa shape index (κ2) is 36.5. The molecule has 0 aliphatic rings. The van der Waals surface area contributed by atoms with Crippen molar-refractivity contribution >= 4 is 0 Å². The Labute approximate surface area is 77.3 Å². The summed E-state index contributed by atoms with van der Waals surface area (Å²) in [4.78, 5) is 0. The fraction of sp³-hybridized carbons (Fsp3) is 1.00. The van der Waals surface area contributed by atoms with Gasteiger partial charge >= 0.3 is 0 Å². The quantitative estimate of drug-likeness (QED) is 0.403. The molecule has 0 amide bonds. The van der Waals surface area contributed by atoms with Crippen LogP contribution in [0, 0.1) is 0 Å². The first kappa shape index (κ1) is 60.9. The third kappa shape index (κ3) is 23.5. The number of hydrogen-bond acceptors (Lipinski definition) is 0. The zero-order valence-corrected chi connectivity index (χ0v) is 10.0. The molecule has 0 N–H and O–H groups in total. The minimum atomic E-state index is 0. The van der Waals surface area contributed by atoms with Gasteiger partial charge < -0.3 is 0 Å². The minimum Gasteiger partial charge on any atom is -0.0776 e. The summed E-state index contributed by atoms with van der Waals surface area (Å²) in [6, 6.07) is 0. The maximum atomic E-state index is 0. The van der Waals surface area contributed by atoms with Crippen LogP contribution in [0.25, 0.3) is 0 Å². The van der Waals surface area contributed by atoms with Crippen molar-refractivity contribution in [3.63, 3.8) is 0 Å². The van der Waals surface area contributed by atoms with E-state index in [0.717, 1.165) is 0 Å². The van der Waals surface area contributed by atoms with Crippen LogP contribution in [0.5, 0.6) is 0 Å². The first-order valence-corrected chi connectivity index (χ1v) is 0. The minimum absolute atomic E-state index is 0. The maximum absolute atomic E-state index is 0. The second-order valence-corrected chi connectivity index (χ2v) is 0. The largest absolute Gasteiger partial charge is 0.0776 e. The van der Waals surface area contributed by atoms with E-state index in [1.54, 1.807) is 0 Å². The molecule has 0 heterocycles. The summed E-state index contributed by atoms with van der Waals surface area (Å²) in [5.41, 5.74) is 0. The predicted octanol–water partition coefficient (Wildman–Crippen LogP) is 1.26. The third-order valence-electron chi connectivity index (χ3n) is 0. The molecule has 34 valence electrons. The Morgan fingerprint density at radius 3 is 0.400 bits per heavy atom. The Morgan fingerprint density at radius 2 is 0.400 bits per heavy atom. The fourth-order valence-corrected chi connectivity index (χ4v) is 0. The van der Waals surface area contributed by atoms with E-state index in [2.05, 4.69) is 0 Å². The molecule has 0 unspecified atom stereocenters. The molecule has 0 aliphatic carbocycles. The zero-order chi connectivity index (χ0) is 0. The molecule has 0 aromatic rings. The molecule has 0 nitrogen and oxygen atoms in total. The molecular weight excluding hydrogens is 576 g/mol. The fourth-order valence-electron chi connectivity index (χ4n) is 0. The van der Waals surface area contributed by atoms with Crippen LogP contribution >= 0.6 is 0 Å². The summed E-state index contributed by atoms with van der Waals surface area (Å²) < 4.78 is 0. The van der Waals surface area contributed by atoms with Crippen molar-refractivity contribution in [3.05, 3.63) is 0 Å². The predicted molar refractivity (Wildman–Crippen MR) is 13.5 cm³/mol. The molecule has 0 aromatic heterocycles. The monoisotopic (exact) mass is 584 g/mol. The molecule has 0 spiro atoms. The molecule has 0 radical (unpaired) electrons. The topological polar surface area (TPSA) is 0 Å². The number of hydrogen-bond donors (Lipinski definition) is 0. The first-order chi connectivity index (χ1) is 0. The van der Waals surface area contributed by atoms with Crippen LogP contribution < -0.4 is 0 Å². The van der Waals surface area contributed by atoms with Gasteiger partial charge in [0.25, 0.3) is 0 Å². The van der Waals surface area contributed by atoms with Crippen molar-refractivity contribution in [2.75, 3.05) is 0 Å². The zero-order valence-electron chi connectivity index (χ0n) is 1.22. The Morgan fingerprint density at radius 1 is 0.400 bits per heavy atom. The van der Waals surface area contributed by atoms with E-state index in [1.165, 1.54) is 0 Å². The Kier molecular flexibility index (Phi) is 445. The SMILES string of the molecule is C.C.[W].[W].[W]. The van der Waals surface area contributed by atoms with Crippen LogP contribution in [0.15, 0.2) is 0 Å². The summed E-state index contributed by atoms with van der Waals surface area (Å²) in [6.45, 7) is 0. The van der Waals surface area contributed by atoms with E-state index in [0.29, 0.717) is 0 Å². The first-order valence-electron chi connectivity index (χ1n) is 0. The molecule has 0 bridgehead atoms. The Hall–Kier alpha value is 2.06. The Balaban J connectivity index is 0. The molecule has 5 heavy (non-hydrogen) atoms. The van der Waals surface area contributed by atoms with Gasteiger partial charge in [-0.2, -0.15) is 0 Å². The van der Waals surface area contributed by atoms with Gasteiger partial charge in [-0.1, -0.05) is 14.9 Å². The van der Waals surface area contributed by atoms with Gasteiger partial charge in [0, 0.05) is 63.2 Å². The Bertz CT molecular complexity index is 4.85. The standard InChI is InChI=1S/2CH4.3W/h2*1H4;;;. The van der Waals surface area contributed by atoms with Gasteiger partial charge in [0.1, 0.15) is 0 Å². The summed E-state index contributed by atoms with van der Waals surface area (Å²) in [7, 11) is 0. The van der Waals surface area contributed by atoms with Crippen molar-refractivity contribution in [3.8, 4) is 0 Å². The van der Waals surface area contributed by atoms with Crippen molar-refractivity contribution < 1.29 is 63.2 Å². The molecule has 0 aliphatic heterocycles. The smallest absolute Gasteiger partial charge is 0 e. The number of rotatable bonds is 0. The van der Waals surface area contributed by atoms with Crippen LogP contribution in [0.1, 0.15) is 14.9 Å². The normalized spacial score (nSPS) is 0. The van der Waals surface area contributed by atoms with Crippen molar-refractivity contribution in [1.82, 2.24) is 0 Å². The molecule has 0 saturated carbocycles. The van der Waals surface area contributed by atoms with Crippen molar-refractivity contribution in [2.24, 2.45) is 0 Å². The average Bonchev–Trinajstić information content (AvgIpc) is 0. The van der Waals surface area contributed by atoms with E-state index in [4.69, 9.17) is 0 Å². The molecule has 0 atom stereocenters.